The van der Waals surface area contributed by atoms with Crippen LogP contribution in [0.5, 0.6) is 0 Å². The van der Waals surface area contributed by atoms with E-state index in [1.807, 2.05) is 6.92 Å². The Morgan fingerprint density at radius 1 is 1.45 bits per heavy atom. The second kappa shape index (κ2) is 5.94. The molecule has 0 aliphatic carbocycles. The number of ether oxygens (including phenoxy) is 1. The molecule has 1 aromatic heterocycles. The highest BCUT2D eigenvalue weighted by molar-refractivity contribution is 7.89. The van der Waals surface area contributed by atoms with Crippen LogP contribution in [0.3, 0.4) is 0 Å². The van der Waals surface area contributed by atoms with Crippen molar-refractivity contribution in [3.63, 3.8) is 0 Å². The summed E-state index contributed by atoms with van der Waals surface area (Å²) in [5.41, 5.74) is 0. The molecule has 1 fully saturated rings. The van der Waals surface area contributed by atoms with Crippen LogP contribution in [-0.4, -0.2) is 40.1 Å². The summed E-state index contributed by atoms with van der Waals surface area (Å²) in [6, 6.07) is 2.43. The van der Waals surface area contributed by atoms with Gasteiger partial charge in [0.05, 0.1) is 12.1 Å². The van der Waals surface area contributed by atoms with E-state index in [4.69, 9.17) is 9.15 Å². The molecule has 0 aromatic carbocycles. The van der Waals surface area contributed by atoms with E-state index in [9.17, 15) is 13.2 Å². The molecule has 0 unspecified atom stereocenters. The first-order chi connectivity index (χ1) is 9.44. The third-order valence-electron chi connectivity index (χ3n) is 3.22. The number of sulfonamides is 1. The van der Waals surface area contributed by atoms with Crippen molar-refractivity contribution < 1.29 is 22.4 Å². The van der Waals surface area contributed by atoms with Gasteiger partial charge in [-0.25, -0.2) is 13.1 Å². The Bertz CT molecular complexity index is 574. The average Bonchev–Trinajstić information content (AvgIpc) is 3.10. The summed E-state index contributed by atoms with van der Waals surface area (Å²) < 4.78 is 35.7. The van der Waals surface area contributed by atoms with Crippen molar-refractivity contribution in [1.82, 2.24) is 10.0 Å². The van der Waals surface area contributed by atoms with E-state index in [-0.39, 0.29) is 23.0 Å². The monoisotopic (exact) mass is 302 g/mol. The molecule has 20 heavy (non-hydrogen) atoms. The van der Waals surface area contributed by atoms with Crippen LogP contribution in [0.25, 0.3) is 0 Å². The van der Waals surface area contributed by atoms with E-state index in [1.54, 1.807) is 0 Å². The molecule has 8 heteroatoms. The Morgan fingerprint density at radius 2 is 2.20 bits per heavy atom. The van der Waals surface area contributed by atoms with Gasteiger partial charge in [-0.15, -0.1) is 0 Å². The third-order valence-corrected chi connectivity index (χ3v) is 4.51. The van der Waals surface area contributed by atoms with Crippen molar-refractivity contribution in [2.24, 2.45) is 0 Å². The lowest BCUT2D eigenvalue weighted by molar-refractivity contribution is 0.0693. The summed E-state index contributed by atoms with van der Waals surface area (Å²) in [7, 11) is -2.40. The van der Waals surface area contributed by atoms with Crippen molar-refractivity contribution >= 4 is 15.9 Å². The van der Waals surface area contributed by atoms with Crippen LogP contribution in [0.15, 0.2) is 21.6 Å². The number of amides is 1. The Hall–Kier alpha value is -1.38. The molecule has 7 nitrogen and oxygen atoms in total. The van der Waals surface area contributed by atoms with Gasteiger partial charge in [0, 0.05) is 6.61 Å². The molecular weight excluding hydrogens is 284 g/mol. The van der Waals surface area contributed by atoms with Crippen molar-refractivity contribution in [3.8, 4) is 0 Å². The number of hydrogen-bond donors (Lipinski definition) is 2. The second-order valence-corrected chi connectivity index (χ2v) is 6.46. The van der Waals surface area contributed by atoms with Crippen molar-refractivity contribution in [1.29, 1.82) is 0 Å². The lowest BCUT2D eigenvalue weighted by atomic mass is 10.1. The minimum Gasteiger partial charge on any atom is -0.438 e. The molecule has 1 aliphatic rings. The van der Waals surface area contributed by atoms with Crippen LogP contribution in [0, 0.1) is 0 Å². The molecule has 2 atom stereocenters. The van der Waals surface area contributed by atoms with Gasteiger partial charge in [0.15, 0.2) is 5.76 Å². The number of rotatable bonds is 5. The van der Waals surface area contributed by atoms with Gasteiger partial charge < -0.3 is 14.5 Å². The smallest absolute Gasteiger partial charge is 0.287 e. The molecule has 2 N–H and O–H groups in total. The Labute approximate surface area is 117 Å². The molecule has 1 amide bonds. The van der Waals surface area contributed by atoms with Gasteiger partial charge in [-0.3, -0.25) is 4.79 Å². The minimum atomic E-state index is -3.68. The molecule has 0 bridgehead atoms. The zero-order valence-electron chi connectivity index (χ0n) is 11.4. The van der Waals surface area contributed by atoms with Gasteiger partial charge in [0.1, 0.15) is 0 Å². The molecule has 2 heterocycles. The van der Waals surface area contributed by atoms with Crippen molar-refractivity contribution in [2.75, 3.05) is 13.7 Å². The van der Waals surface area contributed by atoms with E-state index in [2.05, 4.69) is 10.0 Å². The number of hydrogen-bond acceptors (Lipinski definition) is 5. The Balaban J connectivity index is 2.03. The number of nitrogens with one attached hydrogen (secondary N) is 2. The predicted octanol–water partition coefficient (Wildman–Crippen LogP) is 0.485. The SMILES string of the molecule is CNS(=O)(=O)c1ccc(C(=O)N[C@@H](C)[C@@H]2CCCO2)o1. The van der Waals surface area contributed by atoms with Crippen LogP contribution in [0.4, 0.5) is 0 Å². The largest absolute Gasteiger partial charge is 0.438 e. The summed E-state index contributed by atoms with van der Waals surface area (Å²) in [6.07, 6.45) is 1.88. The lowest BCUT2D eigenvalue weighted by Crippen LogP contribution is -2.40. The first-order valence-electron chi connectivity index (χ1n) is 6.40. The van der Waals surface area contributed by atoms with Crippen LogP contribution in [-0.2, 0) is 14.8 Å². The predicted molar refractivity (Wildman–Crippen MR) is 70.9 cm³/mol. The molecule has 0 spiro atoms. The maximum atomic E-state index is 12.0. The summed E-state index contributed by atoms with van der Waals surface area (Å²) in [6.45, 7) is 2.55. The van der Waals surface area contributed by atoms with Crippen LogP contribution in [0.1, 0.15) is 30.3 Å². The molecule has 112 valence electrons. The van der Waals surface area contributed by atoms with E-state index in [1.165, 1.54) is 19.2 Å². The second-order valence-electron chi connectivity index (χ2n) is 4.64. The quantitative estimate of drug-likeness (QED) is 0.824. The van der Waals surface area contributed by atoms with E-state index < -0.39 is 15.9 Å². The zero-order valence-corrected chi connectivity index (χ0v) is 12.2. The first-order valence-corrected chi connectivity index (χ1v) is 7.88. The van der Waals surface area contributed by atoms with Crippen LogP contribution in [0.2, 0.25) is 0 Å². The van der Waals surface area contributed by atoms with E-state index in [0.717, 1.165) is 12.8 Å². The zero-order chi connectivity index (χ0) is 14.8. The van der Waals surface area contributed by atoms with Gasteiger partial charge in [0.2, 0.25) is 5.09 Å². The topological polar surface area (TPSA) is 97.6 Å². The standard InChI is InChI=1S/C12H18N2O5S/c1-8(9-4-3-7-18-9)14-12(15)10-5-6-11(19-10)20(16,17)13-2/h5-6,8-9,13H,3-4,7H2,1-2H3,(H,14,15)/t8-,9-/m0/s1. The summed E-state index contributed by atoms with van der Waals surface area (Å²) in [5, 5.41) is 2.47. The van der Waals surface area contributed by atoms with Crippen molar-refractivity contribution in [2.45, 2.75) is 37.0 Å². The fraction of sp³-hybridized carbons (Fsp3) is 0.583. The van der Waals surface area contributed by atoms with Crippen LogP contribution >= 0.6 is 0 Å². The molecule has 1 aromatic rings. The summed E-state index contributed by atoms with van der Waals surface area (Å²) >= 11 is 0. The molecule has 0 saturated carbocycles. The molecular formula is C12H18N2O5S. The highest BCUT2D eigenvalue weighted by Crippen LogP contribution is 2.17. The van der Waals surface area contributed by atoms with Gasteiger partial charge in [0.25, 0.3) is 15.9 Å². The number of furan rings is 1. The van der Waals surface area contributed by atoms with E-state index in [0.29, 0.717) is 6.61 Å². The lowest BCUT2D eigenvalue weighted by Gasteiger charge is -2.19. The Morgan fingerprint density at radius 3 is 2.80 bits per heavy atom. The minimum absolute atomic E-state index is 0.00516. The normalized spacial score (nSPS) is 20.8. The molecule has 1 saturated heterocycles. The fourth-order valence-corrected chi connectivity index (χ4v) is 2.70. The molecule has 1 aliphatic heterocycles. The van der Waals surface area contributed by atoms with E-state index >= 15 is 0 Å². The first kappa shape index (κ1) is 15.0. The third kappa shape index (κ3) is 3.20. The van der Waals surface area contributed by atoms with Gasteiger partial charge in [-0.1, -0.05) is 0 Å². The number of carbonyl (C=O) groups excluding carboxylic acids is 1. The van der Waals surface area contributed by atoms with Crippen molar-refractivity contribution in [3.05, 3.63) is 17.9 Å². The maximum absolute atomic E-state index is 12.0. The highest BCUT2D eigenvalue weighted by atomic mass is 32.2. The Kier molecular flexibility index (Phi) is 4.46. The molecule has 2 rings (SSSR count). The van der Waals surface area contributed by atoms with Gasteiger partial charge in [-0.2, -0.15) is 0 Å². The van der Waals surface area contributed by atoms with Crippen LogP contribution < -0.4 is 10.0 Å². The fourth-order valence-electron chi connectivity index (χ4n) is 2.05. The van der Waals surface area contributed by atoms with Gasteiger partial charge in [-0.05, 0) is 38.9 Å². The average molecular weight is 302 g/mol. The number of carbonyl (C=O) groups is 1. The maximum Gasteiger partial charge on any atom is 0.287 e. The molecule has 0 radical (unpaired) electrons. The summed E-state index contributed by atoms with van der Waals surface area (Å²) in [5.74, 6) is -0.491. The summed E-state index contributed by atoms with van der Waals surface area (Å²) in [4.78, 5) is 12.0. The van der Waals surface area contributed by atoms with Gasteiger partial charge >= 0.3 is 0 Å². The highest BCUT2D eigenvalue weighted by Gasteiger charge is 2.26.